The second kappa shape index (κ2) is 9.91. The molecule has 0 aromatic carbocycles. The van der Waals surface area contributed by atoms with Crippen molar-refractivity contribution in [2.45, 2.75) is 58.2 Å². The Morgan fingerprint density at radius 2 is 1.90 bits per heavy atom. The number of ether oxygens (including phenoxy) is 1. The summed E-state index contributed by atoms with van der Waals surface area (Å²) in [6, 6.07) is 2.72. The number of methoxy groups -OCH3 is 1. The number of aryl methyl sites for hydroxylation is 3. The molecule has 0 atom stereocenters. The molecule has 4 aromatic heterocycles. The van der Waals surface area contributed by atoms with Crippen molar-refractivity contribution in [1.82, 2.24) is 33.9 Å². The average Bonchev–Trinajstić information content (AvgIpc) is 3.84. The van der Waals surface area contributed by atoms with Crippen LogP contribution in [0.15, 0.2) is 12.4 Å². The number of amides is 2. The number of nitrogens with zero attached hydrogens (tertiary/aromatic N) is 7. The highest BCUT2D eigenvalue weighted by Gasteiger charge is 2.43. The van der Waals surface area contributed by atoms with Gasteiger partial charge in [-0.3, -0.25) is 9.59 Å². The number of likely N-dealkylation sites (N-methyl/N-ethyl adjacent to an activating group) is 1. The van der Waals surface area contributed by atoms with E-state index >= 15 is 0 Å². The molecule has 0 saturated heterocycles. The van der Waals surface area contributed by atoms with Crippen molar-refractivity contribution >= 4 is 56.2 Å². The molecular weight excluding hydrogens is 516 g/mol. The third-order valence-electron chi connectivity index (χ3n) is 7.56. The van der Waals surface area contributed by atoms with Crippen LogP contribution in [0, 0.1) is 6.92 Å². The molecule has 206 valence electrons. The number of anilines is 2. The maximum Gasteiger partial charge on any atom is 0.273 e. The third kappa shape index (κ3) is 4.55. The minimum absolute atomic E-state index is 0.0981. The Morgan fingerprint density at radius 1 is 1.18 bits per heavy atom. The predicted molar refractivity (Wildman–Crippen MR) is 151 cm³/mol. The van der Waals surface area contributed by atoms with Gasteiger partial charge in [-0.15, -0.1) is 11.3 Å². The number of rotatable bonds is 10. The first-order chi connectivity index (χ1) is 18.8. The third-order valence-corrected chi connectivity index (χ3v) is 8.44. The van der Waals surface area contributed by atoms with E-state index in [9.17, 15) is 9.59 Å². The number of thiazole rings is 1. The van der Waals surface area contributed by atoms with E-state index in [1.165, 1.54) is 11.3 Å². The van der Waals surface area contributed by atoms with Gasteiger partial charge in [-0.05, 0) is 45.6 Å². The zero-order chi connectivity index (χ0) is 27.4. The van der Waals surface area contributed by atoms with E-state index < -0.39 is 0 Å². The van der Waals surface area contributed by atoms with Crippen molar-refractivity contribution in [3.63, 3.8) is 0 Å². The van der Waals surface area contributed by atoms with Crippen molar-refractivity contribution in [2.75, 3.05) is 32.6 Å². The summed E-state index contributed by atoms with van der Waals surface area (Å²) in [5, 5.41) is 4.80. The van der Waals surface area contributed by atoms with Gasteiger partial charge in [0.25, 0.3) is 11.8 Å². The Hall–Kier alpha value is -3.51. The number of hydrogen-bond acceptors (Lipinski definition) is 8. The standard InChI is InChI=1S/C27H34N8O3S/c1-6-34-19(25(36)35(16-7-8-16)17-9-10-17)13-18-22-21(28-14-33(22)4)23(30-24(18)34)31-27-29-20(15(2)39-27)26(37)32(3)11-12-38-5/h13-14,16-17H,6-12H2,1-5H3,(H,29,30,31). The largest absolute Gasteiger partial charge is 0.383 e. The van der Waals surface area contributed by atoms with Crippen molar-refractivity contribution in [3.8, 4) is 0 Å². The molecule has 1 N–H and O–H groups in total. The number of aromatic nitrogens is 5. The van der Waals surface area contributed by atoms with Crippen LogP contribution in [-0.4, -0.2) is 85.1 Å². The van der Waals surface area contributed by atoms with Crippen molar-refractivity contribution in [3.05, 3.63) is 28.7 Å². The van der Waals surface area contributed by atoms with Gasteiger partial charge in [0.2, 0.25) is 0 Å². The SMILES string of the molecule is CCn1c(C(=O)N(C2CC2)C2CC2)cc2c3c(ncn3C)c(Nc3nc(C(=O)N(C)CCOC)c(C)s3)nc21. The molecule has 4 heterocycles. The van der Waals surface area contributed by atoms with Gasteiger partial charge in [-0.1, -0.05) is 0 Å². The van der Waals surface area contributed by atoms with E-state index in [0.29, 0.717) is 59.6 Å². The van der Waals surface area contributed by atoms with Gasteiger partial charge in [0.1, 0.15) is 22.6 Å². The molecule has 2 fully saturated rings. The number of fused-ring (bicyclic) bond motifs is 3. The Labute approximate surface area is 230 Å². The zero-order valence-electron chi connectivity index (χ0n) is 23.0. The molecule has 4 aromatic rings. The number of nitrogens with one attached hydrogen (secondary N) is 1. The van der Waals surface area contributed by atoms with Crippen LogP contribution in [0.3, 0.4) is 0 Å². The maximum atomic E-state index is 13.8. The van der Waals surface area contributed by atoms with E-state index in [0.717, 1.165) is 47.1 Å². The van der Waals surface area contributed by atoms with Crippen LogP contribution in [0.4, 0.5) is 10.9 Å². The molecular formula is C27H34N8O3S. The van der Waals surface area contributed by atoms with Gasteiger partial charge < -0.3 is 29.0 Å². The number of carbonyl (C=O) groups excluding carboxylic acids is 2. The van der Waals surface area contributed by atoms with Crippen LogP contribution in [0.1, 0.15) is 58.5 Å². The second-order valence-corrected chi connectivity index (χ2v) is 11.7. The Bertz CT molecular complexity index is 1570. The molecule has 11 nitrogen and oxygen atoms in total. The van der Waals surface area contributed by atoms with Crippen molar-refractivity contribution in [2.24, 2.45) is 7.05 Å². The first-order valence-electron chi connectivity index (χ1n) is 13.5. The first-order valence-corrected chi connectivity index (χ1v) is 14.3. The van der Waals surface area contributed by atoms with Gasteiger partial charge in [0.05, 0.1) is 18.5 Å². The fourth-order valence-corrected chi connectivity index (χ4v) is 6.03. The molecule has 0 aliphatic heterocycles. The molecule has 2 saturated carbocycles. The highest BCUT2D eigenvalue weighted by Crippen LogP contribution is 2.40. The maximum absolute atomic E-state index is 13.8. The Morgan fingerprint density at radius 3 is 2.54 bits per heavy atom. The lowest BCUT2D eigenvalue weighted by Gasteiger charge is -2.22. The van der Waals surface area contributed by atoms with E-state index in [-0.39, 0.29) is 11.8 Å². The minimum Gasteiger partial charge on any atom is -0.383 e. The topological polar surface area (TPSA) is 110 Å². The van der Waals surface area contributed by atoms with Crippen LogP contribution < -0.4 is 5.32 Å². The van der Waals surface area contributed by atoms with Crippen LogP contribution in [-0.2, 0) is 18.3 Å². The van der Waals surface area contributed by atoms with Crippen LogP contribution in [0.2, 0.25) is 0 Å². The van der Waals surface area contributed by atoms with Gasteiger partial charge >= 0.3 is 0 Å². The summed E-state index contributed by atoms with van der Waals surface area (Å²) in [4.78, 5) is 45.5. The van der Waals surface area contributed by atoms with Crippen molar-refractivity contribution < 1.29 is 14.3 Å². The fourth-order valence-electron chi connectivity index (χ4n) is 5.23. The van der Waals surface area contributed by atoms with Gasteiger partial charge in [-0.2, -0.15) is 0 Å². The van der Waals surface area contributed by atoms with E-state index in [1.54, 1.807) is 25.4 Å². The minimum atomic E-state index is -0.154. The first kappa shape index (κ1) is 25.8. The molecule has 2 amide bonds. The van der Waals surface area contributed by atoms with Crippen LogP contribution >= 0.6 is 11.3 Å². The quantitative estimate of drug-likeness (QED) is 0.318. The summed E-state index contributed by atoms with van der Waals surface area (Å²) in [5.74, 6) is 0.492. The normalized spacial score (nSPS) is 15.3. The van der Waals surface area contributed by atoms with Gasteiger partial charge in [-0.25, -0.2) is 15.0 Å². The predicted octanol–water partition coefficient (Wildman–Crippen LogP) is 3.94. The molecule has 39 heavy (non-hydrogen) atoms. The monoisotopic (exact) mass is 550 g/mol. The van der Waals surface area contributed by atoms with Gasteiger partial charge in [0, 0.05) is 56.6 Å². The molecule has 2 aliphatic carbocycles. The van der Waals surface area contributed by atoms with E-state index in [4.69, 9.17) is 9.72 Å². The summed E-state index contributed by atoms with van der Waals surface area (Å²) in [7, 11) is 5.30. The number of pyridine rings is 1. The average molecular weight is 551 g/mol. The molecule has 12 heteroatoms. The van der Waals surface area contributed by atoms with E-state index in [1.807, 2.05) is 36.1 Å². The second-order valence-electron chi connectivity index (χ2n) is 10.5. The summed E-state index contributed by atoms with van der Waals surface area (Å²) in [6.07, 6.45) is 6.12. The van der Waals surface area contributed by atoms with Crippen LogP contribution in [0.25, 0.3) is 22.1 Å². The van der Waals surface area contributed by atoms with Gasteiger partial charge in [0.15, 0.2) is 10.9 Å². The fraction of sp³-hybridized carbons (Fsp3) is 0.519. The summed E-state index contributed by atoms with van der Waals surface area (Å²) in [5.41, 5.74) is 3.41. The highest BCUT2D eigenvalue weighted by atomic mass is 32.1. The summed E-state index contributed by atoms with van der Waals surface area (Å²) >= 11 is 1.40. The molecule has 0 radical (unpaired) electrons. The molecule has 2 aliphatic rings. The number of imidazole rings is 1. The van der Waals surface area contributed by atoms with Crippen molar-refractivity contribution in [1.29, 1.82) is 0 Å². The Balaban J connectivity index is 1.39. The number of hydrogen-bond donors (Lipinski definition) is 1. The highest BCUT2D eigenvalue weighted by molar-refractivity contribution is 7.15. The molecule has 0 spiro atoms. The smallest absolute Gasteiger partial charge is 0.273 e. The Kier molecular flexibility index (Phi) is 6.54. The lowest BCUT2D eigenvalue weighted by atomic mass is 10.2. The lowest BCUT2D eigenvalue weighted by Crippen LogP contribution is -2.36. The summed E-state index contributed by atoms with van der Waals surface area (Å²) < 4.78 is 9.08. The molecule has 0 bridgehead atoms. The lowest BCUT2D eigenvalue weighted by molar-refractivity contribution is 0.0717. The van der Waals surface area contributed by atoms with E-state index in [2.05, 4.69) is 20.2 Å². The summed E-state index contributed by atoms with van der Waals surface area (Å²) in [6.45, 7) is 5.49. The molecule has 6 rings (SSSR count). The number of carbonyl (C=O) groups is 2. The van der Waals surface area contributed by atoms with Crippen LogP contribution in [0.5, 0.6) is 0 Å². The molecule has 0 unspecified atom stereocenters. The zero-order valence-corrected chi connectivity index (χ0v) is 23.8.